The second-order valence-electron chi connectivity index (χ2n) is 10.6. The highest BCUT2D eigenvalue weighted by molar-refractivity contribution is 6.46. The summed E-state index contributed by atoms with van der Waals surface area (Å²) in [6, 6.07) is 12.1. The van der Waals surface area contributed by atoms with Crippen molar-refractivity contribution >= 4 is 50.9 Å². The number of likely N-dealkylation sites (tertiary alicyclic amines) is 1. The Bertz CT molecular complexity index is 1380. The molecule has 0 saturated carbocycles. The molecule has 1 aliphatic heterocycles. The number of aromatic nitrogens is 1. The summed E-state index contributed by atoms with van der Waals surface area (Å²) in [6.45, 7) is 8.19. The number of piperidine rings is 1. The van der Waals surface area contributed by atoms with Crippen LogP contribution in [-0.2, 0) is 16.1 Å². The van der Waals surface area contributed by atoms with E-state index >= 15 is 0 Å². The Hall–Kier alpha value is -2.60. The largest absolute Gasteiger partial charge is 0.460 e. The number of ether oxygens (including phenoxy) is 1. The van der Waals surface area contributed by atoms with E-state index in [1.807, 2.05) is 57.3 Å². The number of esters is 1. The zero-order valence-electron chi connectivity index (χ0n) is 20.8. The van der Waals surface area contributed by atoms with Crippen molar-refractivity contribution in [3.05, 3.63) is 64.4 Å². The predicted octanol–water partition coefficient (Wildman–Crippen LogP) is 7.90. The van der Waals surface area contributed by atoms with Crippen molar-refractivity contribution in [1.29, 1.82) is 0 Å². The standard InChI is InChI=1S/C29H30Cl2N2O3/c1-29(2,3)36-26(34)12-18-8-10-33(11-9-18)17-20-13-21-22(15-32-16-23(21)28(31)27(20)30)25-14-19-6-4-5-7-24(19)35-25/h4-7,13-16,18H,8-12,17H2,1-3H3. The number of carbonyl (C=O) groups excluding carboxylic acids is 1. The summed E-state index contributed by atoms with van der Waals surface area (Å²) in [6.07, 6.45) is 5.94. The lowest BCUT2D eigenvalue weighted by Gasteiger charge is -2.32. The number of nitrogens with zero attached hydrogens (tertiary/aromatic N) is 2. The highest BCUT2D eigenvalue weighted by atomic mass is 35.5. The number of hydrogen-bond acceptors (Lipinski definition) is 5. The summed E-state index contributed by atoms with van der Waals surface area (Å²) >= 11 is 13.5. The van der Waals surface area contributed by atoms with E-state index in [0.29, 0.717) is 28.9 Å². The van der Waals surface area contributed by atoms with Crippen molar-refractivity contribution in [1.82, 2.24) is 9.88 Å². The third kappa shape index (κ3) is 5.39. The first-order chi connectivity index (χ1) is 17.2. The molecule has 188 valence electrons. The number of furan rings is 1. The molecule has 1 saturated heterocycles. The number of benzene rings is 2. The molecule has 2 aromatic carbocycles. The van der Waals surface area contributed by atoms with Crippen molar-refractivity contribution in [3.63, 3.8) is 0 Å². The summed E-state index contributed by atoms with van der Waals surface area (Å²) in [5, 5.41) is 3.88. The Kier molecular flexibility index (Phi) is 6.99. The average Bonchev–Trinajstić information content (AvgIpc) is 3.26. The summed E-state index contributed by atoms with van der Waals surface area (Å²) in [7, 11) is 0. The molecule has 3 heterocycles. The molecule has 0 amide bonds. The maximum Gasteiger partial charge on any atom is 0.306 e. The van der Waals surface area contributed by atoms with E-state index < -0.39 is 5.60 Å². The first-order valence-corrected chi connectivity index (χ1v) is 13.1. The van der Waals surface area contributed by atoms with E-state index in [1.165, 1.54) is 0 Å². The van der Waals surface area contributed by atoms with Gasteiger partial charge in [0.25, 0.3) is 0 Å². The molecule has 5 rings (SSSR count). The van der Waals surface area contributed by atoms with Gasteiger partial charge in [-0.1, -0.05) is 41.4 Å². The highest BCUT2D eigenvalue weighted by Crippen LogP contribution is 2.40. The van der Waals surface area contributed by atoms with Crippen LogP contribution < -0.4 is 0 Å². The molecule has 0 bridgehead atoms. The number of hydrogen-bond donors (Lipinski definition) is 0. The van der Waals surface area contributed by atoms with Crippen LogP contribution in [0.4, 0.5) is 0 Å². The van der Waals surface area contributed by atoms with Gasteiger partial charge in [-0.25, -0.2) is 0 Å². The van der Waals surface area contributed by atoms with Crippen LogP contribution in [-0.4, -0.2) is 34.5 Å². The van der Waals surface area contributed by atoms with E-state index in [9.17, 15) is 4.79 Å². The van der Waals surface area contributed by atoms with Crippen molar-refractivity contribution in [2.24, 2.45) is 5.92 Å². The molecule has 0 aliphatic carbocycles. The number of carbonyl (C=O) groups is 1. The van der Waals surface area contributed by atoms with E-state index in [2.05, 4.69) is 16.0 Å². The fraction of sp³-hybridized carbons (Fsp3) is 0.379. The monoisotopic (exact) mass is 524 g/mol. The molecule has 1 fully saturated rings. The first kappa shape index (κ1) is 25.1. The van der Waals surface area contributed by atoms with Gasteiger partial charge in [-0.15, -0.1) is 0 Å². The topological polar surface area (TPSA) is 55.6 Å². The maximum atomic E-state index is 12.2. The number of pyridine rings is 1. The molecule has 2 aromatic heterocycles. The summed E-state index contributed by atoms with van der Waals surface area (Å²) in [4.78, 5) is 19.0. The van der Waals surface area contributed by atoms with Crippen LogP contribution in [0, 0.1) is 5.92 Å². The Morgan fingerprint density at radius 3 is 2.56 bits per heavy atom. The summed E-state index contributed by atoms with van der Waals surface area (Å²) < 4.78 is 11.6. The zero-order valence-corrected chi connectivity index (χ0v) is 22.3. The van der Waals surface area contributed by atoms with Gasteiger partial charge in [0.2, 0.25) is 0 Å². The minimum atomic E-state index is -0.444. The number of para-hydroxylation sites is 1. The van der Waals surface area contributed by atoms with E-state index in [0.717, 1.165) is 64.6 Å². The van der Waals surface area contributed by atoms with Gasteiger partial charge in [0.15, 0.2) is 0 Å². The van der Waals surface area contributed by atoms with Gasteiger partial charge >= 0.3 is 5.97 Å². The van der Waals surface area contributed by atoms with E-state index in [-0.39, 0.29) is 5.97 Å². The molecule has 1 aliphatic rings. The normalized spacial score (nSPS) is 15.6. The van der Waals surface area contributed by atoms with Crippen LogP contribution in [0.1, 0.15) is 45.6 Å². The van der Waals surface area contributed by atoms with Gasteiger partial charge in [-0.05, 0) is 81.8 Å². The second kappa shape index (κ2) is 10.0. The van der Waals surface area contributed by atoms with Crippen LogP contribution in [0.3, 0.4) is 0 Å². The lowest BCUT2D eigenvalue weighted by atomic mass is 9.93. The van der Waals surface area contributed by atoms with Crippen molar-refractivity contribution in [2.45, 2.75) is 52.2 Å². The zero-order chi connectivity index (χ0) is 25.4. The fourth-order valence-corrected chi connectivity index (χ4v) is 5.42. The van der Waals surface area contributed by atoms with Crippen LogP contribution in [0.25, 0.3) is 33.1 Å². The minimum Gasteiger partial charge on any atom is -0.460 e. The second-order valence-corrected chi connectivity index (χ2v) is 11.4. The third-order valence-corrected chi connectivity index (χ3v) is 7.61. The molecule has 0 N–H and O–H groups in total. The highest BCUT2D eigenvalue weighted by Gasteiger charge is 2.25. The molecular formula is C29H30Cl2N2O3. The third-order valence-electron chi connectivity index (χ3n) is 6.68. The number of halogens is 2. The Morgan fingerprint density at radius 1 is 1.08 bits per heavy atom. The van der Waals surface area contributed by atoms with Gasteiger partial charge in [0, 0.05) is 41.7 Å². The van der Waals surface area contributed by atoms with Gasteiger partial charge in [-0.2, -0.15) is 0 Å². The van der Waals surface area contributed by atoms with Crippen LogP contribution in [0.5, 0.6) is 0 Å². The van der Waals surface area contributed by atoms with Gasteiger partial charge in [-0.3, -0.25) is 14.7 Å². The van der Waals surface area contributed by atoms with E-state index in [1.54, 1.807) is 6.20 Å². The molecule has 0 radical (unpaired) electrons. The smallest absolute Gasteiger partial charge is 0.306 e. The Morgan fingerprint density at radius 2 is 1.83 bits per heavy atom. The molecule has 5 nitrogen and oxygen atoms in total. The molecule has 0 unspecified atom stereocenters. The van der Waals surface area contributed by atoms with E-state index in [4.69, 9.17) is 32.4 Å². The molecule has 36 heavy (non-hydrogen) atoms. The van der Waals surface area contributed by atoms with Gasteiger partial charge < -0.3 is 9.15 Å². The predicted molar refractivity (Wildman–Crippen MR) is 145 cm³/mol. The molecule has 0 atom stereocenters. The van der Waals surface area contributed by atoms with Crippen molar-refractivity contribution < 1.29 is 13.9 Å². The molecular weight excluding hydrogens is 495 g/mol. The van der Waals surface area contributed by atoms with Crippen molar-refractivity contribution in [3.8, 4) is 11.3 Å². The van der Waals surface area contributed by atoms with Crippen molar-refractivity contribution in [2.75, 3.05) is 13.1 Å². The first-order valence-electron chi connectivity index (χ1n) is 12.4. The van der Waals surface area contributed by atoms with Crippen LogP contribution in [0.2, 0.25) is 10.0 Å². The Labute approximate surface area is 221 Å². The SMILES string of the molecule is CC(C)(C)OC(=O)CC1CCN(Cc2cc3c(-c4cc5ccccc5o4)cncc3c(Cl)c2Cl)CC1. The maximum absolute atomic E-state index is 12.2. The quantitative estimate of drug-likeness (QED) is 0.248. The molecule has 4 aromatic rings. The lowest BCUT2D eigenvalue weighted by Crippen LogP contribution is -2.35. The molecule has 7 heteroatoms. The van der Waals surface area contributed by atoms with Gasteiger partial charge in [0.05, 0.1) is 10.0 Å². The summed E-state index contributed by atoms with van der Waals surface area (Å²) in [5.41, 5.74) is 2.25. The summed E-state index contributed by atoms with van der Waals surface area (Å²) in [5.74, 6) is 0.983. The lowest BCUT2D eigenvalue weighted by molar-refractivity contribution is -0.156. The minimum absolute atomic E-state index is 0.114. The van der Waals surface area contributed by atoms with Crippen LogP contribution in [0.15, 0.2) is 53.2 Å². The fourth-order valence-electron chi connectivity index (χ4n) is 4.93. The van der Waals surface area contributed by atoms with Crippen LogP contribution >= 0.6 is 23.2 Å². The van der Waals surface area contributed by atoms with Gasteiger partial charge in [0.1, 0.15) is 16.9 Å². The molecule has 0 spiro atoms. The number of fused-ring (bicyclic) bond motifs is 2. The average molecular weight is 525 g/mol. The number of rotatable bonds is 5. The Balaban J connectivity index is 1.36.